The van der Waals surface area contributed by atoms with E-state index in [2.05, 4.69) is 43.7 Å². The molecule has 2 heteroatoms. The van der Waals surface area contributed by atoms with Crippen LogP contribution >= 0.6 is 11.3 Å². The van der Waals surface area contributed by atoms with E-state index in [0.29, 0.717) is 11.5 Å². The van der Waals surface area contributed by atoms with Crippen LogP contribution in [0.25, 0.3) is 0 Å². The molecule has 0 radical (unpaired) electrons. The fourth-order valence-corrected chi connectivity index (χ4v) is 3.42. The summed E-state index contributed by atoms with van der Waals surface area (Å²) in [6, 6.07) is 5.12. The highest BCUT2D eigenvalue weighted by molar-refractivity contribution is 7.10. The third kappa shape index (κ3) is 1.32. The number of rotatable bonds is 2. The Hall–Kier alpha value is -0.340. The molecule has 0 amide bonds. The van der Waals surface area contributed by atoms with Gasteiger partial charge in [0.15, 0.2) is 0 Å². The molecule has 0 spiro atoms. The van der Waals surface area contributed by atoms with Crippen LogP contribution in [-0.2, 0) is 0 Å². The molecule has 72 valence electrons. The molecule has 13 heavy (non-hydrogen) atoms. The smallest absolute Gasteiger partial charge is 0.0128 e. The first-order valence-corrected chi connectivity index (χ1v) is 5.75. The molecule has 2 unspecified atom stereocenters. The quantitative estimate of drug-likeness (QED) is 0.765. The van der Waals surface area contributed by atoms with E-state index < -0.39 is 0 Å². The van der Waals surface area contributed by atoms with Crippen molar-refractivity contribution in [1.29, 1.82) is 0 Å². The molecular weight excluding hydrogens is 178 g/mol. The van der Waals surface area contributed by atoms with Crippen molar-refractivity contribution in [2.45, 2.75) is 32.2 Å². The fourth-order valence-electron chi connectivity index (χ4n) is 2.39. The van der Waals surface area contributed by atoms with Crippen LogP contribution in [0.15, 0.2) is 17.5 Å². The highest BCUT2D eigenvalue weighted by Gasteiger charge is 2.48. The summed E-state index contributed by atoms with van der Waals surface area (Å²) in [6.07, 6.45) is 1.30. The first kappa shape index (κ1) is 9.22. The van der Waals surface area contributed by atoms with Crippen LogP contribution in [0.1, 0.15) is 31.1 Å². The predicted octanol–water partition coefficient (Wildman–Crippen LogP) is 2.85. The third-order valence-corrected chi connectivity index (χ3v) is 4.49. The van der Waals surface area contributed by atoms with E-state index in [4.69, 9.17) is 0 Å². The molecule has 1 aromatic rings. The van der Waals surface area contributed by atoms with Gasteiger partial charge in [-0.05, 0) is 30.3 Å². The van der Waals surface area contributed by atoms with Gasteiger partial charge in [-0.2, -0.15) is 0 Å². The molecule has 1 fully saturated rings. The van der Waals surface area contributed by atoms with Gasteiger partial charge in [-0.1, -0.05) is 19.9 Å². The highest BCUT2D eigenvalue weighted by atomic mass is 32.1. The van der Waals surface area contributed by atoms with Gasteiger partial charge < -0.3 is 5.32 Å². The summed E-state index contributed by atoms with van der Waals surface area (Å²) in [5, 5.41) is 5.57. The van der Waals surface area contributed by atoms with Crippen LogP contribution in [0.5, 0.6) is 0 Å². The summed E-state index contributed by atoms with van der Waals surface area (Å²) in [5.41, 5.74) is 0.430. The van der Waals surface area contributed by atoms with Gasteiger partial charge >= 0.3 is 0 Å². The van der Waals surface area contributed by atoms with Crippen LogP contribution in [0, 0.1) is 5.41 Å². The normalized spacial score (nSPS) is 31.3. The number of hydrogen-bond acceptors (Lipinski definition) is 2. The standard InChI is InChI=1S/C11H17NS/c1-11(2)8(7-10(11)12-3)9-5-4-6-13-9/h4-6,8,10,12H,7H2,1-3H3. The van der Waals surface area contributed by atoms with Crippen molar-refractivity contribution in [2.24, 2.45) is 5.41 Å². The molecule has 2 atom stereocenters. The summed E-state index contributed by atoms with van der Waals surface area (Å²) in [5.74, 6) is 0.768. The number of hydrogen-bond donors (Lipinski definition) is 1. The van der Waals surface area contributed by atoms with Crippen LogP contribution < -0.4 is 5.32 Å². The van der Waals surface area contributed by atoms with Gasteiger partial charge in [0.25, 0.3) is 0 Å². The van der Waals surface area contributed by atoms with E-state index in [-0.39, 0.29) is 0 Å². The lowest BCUT2D eigenvalue weighted by atomic mass is 9.58. The minimum Gasteiger partial charge on any atom is -0.316 e. The second-order valence-electron chi connectivity index (χ2n) is 4.47. The minimum absolute atomic E-state index is 0.430. The Morgan fingerprint density at radius 1 is 1.54 bits per heavy atom. The third-order valence-electron chi connectivity index (χ3n) is 3.50. The van der Waals surface area contributed by atoms with Crippen LogP contribution in [0.3, 0.4) is 0 Å². The zero-order chi connectivity index (χ0) is 9.47. The molecule has 1 saturated carbocycles. The van der Waals surface area contributed by atoms with Crippen molar-refractivity contribution < 1.29 is 0 Å². The van der Waals surface area contributed by atoms with Crippen molar-refractivity contribution in [1.82, 2.24) is 5.32 Å². The summed E-state index contributed by atoms with van der Waals surface area (Å²) < 4.78 is 0. The Kier molecular flexibility index (Phi) is 2.20. The van der Waals surface area contributed by atoms with Gasteiger partial charge in [-0.3, -0.25) is 0 Å². The van der Waals surface area contributed by atoms with Crippen molar-refractivity contribution in [3.05, 3.63) is 22.4 Å². The Morgan fingerprint density at radius 3 is 2.77 bits per heavy atom. The van der Waals surface area contributed by atoms with E-state index >= 15 is 0 Å². The van der Waals surface area contributed by atoms with Gasteiger partial charge in [0.2, 0.25) is 0 Å². The van der Waals surface area contributed by atoms with Gasteiger partial charge in [0.1, 0.15) is 0 Å². The van der Waals surface area contributed by atoms with E-state index in [1.165, 1.54) is 6.42 Å². The second kappa shape index (κ2) is 3.10. The zero-order valence-corrected chi connectivity index (χ0v) is 9.32. The second-order valence-corrected chi connectivity index (χ2v) is 5.45. The Bertz CT molecular complexity index is 276. The summed E-state index contributed by atoms with van der Waals surface area (Å²) in [4.78, 5) is 1.55. The minimum atomic E-state index is 0.430. The molecular formula is C11H17NS. The molecule has 1 aromatic heterocycles. The SMILES string of the molecule is CNC1CC(c2cccs2)C1(C)C. The molecule has 0 bridgehead atoms. The van der Waals surface area contributed by atoms with Crippen molar-refractivity contribution in [3.63, 3.8) is 0 Å². The van der Waals surface area contributed by atoms with E-state index in [1.807, 2.05) is 11.3 Å². The maximum atomic E-state index is 3.39. The molecule has 1 aliphatic rings. The summed E-state index contributed by atoms with van der Waals surface area (Å²) >= 11 is 1.89. The maximum Gasteiger partial charge on any atom is 0.0128 e. The average molecular weight is 195 g/mol. The summed E-state index contributed by atoms with van der Waals surface area (Å²) in [7, 11) is 2.07. The monoisotopic (exact) mass is 195 g/mol. The maximum absolute atomic E-state index is 3.39. The van der Waals surface area contributed by atoms with Crippen LogP contribution in [0.2, 0.25) is 0 Å². The Labute approximate surface area is 84.2 Å². The lowest BCUT2D eigenvalue weighted by Gasteiger charge is -2.52. The molecule has 0 aromatic carbocycles. The van der Waals surface area contributed by atoms with Crippen LogP contribution in [0.4, 0.5) is 0 Å². The first-order chi connectivity index (χ1) is 6.16. The molecule has 2 rings (SSSR count). The van der Waals surface area contributed by atoms with Crippen molar-refractivity contribution in [2.75, 3.05) is 7.05 Å². The zero-order valence-electron chi connectivity index (χ0n) is 8.50. The highest BCUT2D eigenvalue weighted by Crippen LogP contribution is 2.53. The lowest BCUT2D eigenvalue weighted by molar-refractivity contribution is 0.0774. The van der Waals surface area contributed by atoms with Crippen LogP contribution in [-0.4, -0.2) is 13.1 Å². The fraction of sp³-hybridized carbons (Fsp3) is 0.636. The number of thiophene rings is 1. The molecule has 1 aliphatic carbocycles. The molecule has 1 nitrogen and oxygen atoms in total. The predicted molar refractivity (Wildman–Crippen MR) is 58.3 cm³/mol. The van der Waals surface area contributed by atoms with Gasteiger partial charge in [-0.25, -0.2) is 0 Å². The van der Waals surface area contributed by atoms with Gasteiger partial charge in [-0.15, -0.1) is 11.3 Å². The average Bonchev–Trinajstić information content (AvgIpc) is 2.56. The van der Waals surface area contributed by atoms with Crippen molar-refractivity contribution in [3.8, 4) is 0 Å². The molecule has 0 saturated heterocycles. The first-order valence-electron chi connectivity index (χ1n) is 4.87. The molecule has 0 aliphatic heterocycles. The molecule has 1 N–H and O–H groups in total. The lowest BCUT2D eigenvalue weighted by Crippen LogP contribution is -2.54. The Balaban J connectivity index is 2.14. The van der Waals surface area contributed by atoms with E-state index in [1.54, 1.807) is 4.88 Å². The molecule has 1 heterocycles. The number of nitrogens with one attached hydrogen (secondary N) is 1. The van der Waals surface area contributed by atoms with Gasteiger partial charge in [0, 0.05) is 16.8 Å². The largest absolute Gasteiger partial charge is 0.316 e. The topological polar surface area (TPSA) is 12.0 Å². The Morgan fingerprint density at radius 2 is 2.31 bits per heavy atom. The van der Waals surface area contributed by atoms with E-state index in [9.17, 15) is 0 Å². The van der Waals surface area contributed by atoms with Crippen molar-refractivity contribution >= 4 is 11.3 Å². The van der Waals surface area contributed by atoms with E-state index in [0.717, 1.165) is 5.92 Å². The van der Waals surface area contributed by atoms with Gasteiger partial charge in [0.05, 0.1) is 0 Å². The summed E-state index contributed by atoms with van der Waals surface area (Å²) in [6.45, 7) is 4.73.